The summed E-state index contributed by atoms with van der Waals surface area (Å²) in [7, 11) is 0. The number of nitrogens with zero attached hydrogens (tertiary/aromatic N) is 1. The van der Waals surface area contributed by atoms with Gasteiger partial charge < -0.3 is 15.5 Å². The van der Waals surface area contributed by atoms with Gasteiger partial charge in [-0.2, -0.15) is 0 Å². The Morgan fingerprint density at radius 3 is 2.65 bits per heavy atom. The topological polar surface area (TPSA) is 78.5 Å². The first-order chi connectivity index (χ1) is 12.4. The Labute approximate surface area is 155 Å². The molecule has 2 rings (SSSR count). The van der Waals surface area contributed by atoms with E-state index in [-0.39, 0.29) is 36.1 Å². The van der Waals surface area contributed by atoms with Crippen LogP contribution in [0.3, 0.4) is 0 Å². The molecule has 26 heavy (non-hydrogen) atoms. The Bertz CT molecular complexity index is 657. The summed E-state index contributed by atoms with van der Waals surface area (Å²) in [6.07, 6.45) is 2.04. The third-order valence-electron chi connectivity index (χ3n) is 4.66. The molecule has 1 aliphatic heterocycles. The third kappa shape index (κ3) is 5.58. The van der Waals surface area contributed by atoms with E-state index in [1.165, 1.54) is 0 Å². The summed E-state index contributed by atoms with van der Waals surface area (Å²) in [5.41, 5.74) is 1.55. The second-order valence-corrected chi connectivity index (χ2v) is 7.16. The lowest BCUT2D eigenvalue weighted by Gasteiger charge is -2.33. The minimum Gasteiger partial charge on any atom is -0.352 e. The molecule has 0 radical (unpaired) electrons. The van der Waals surface area contributed by atoms with Crippen LogP contribution in [0.1, 0.15) is 49.0 Å². The van der Waals surface area contributed by atoms with Crippen molar-refractivity contribution in [2.45, 2.75) is 46.1 Å². The highest BCUT2D eigenvalue weighted by atomic mass is 16.2. The molecule has 1 fully saturated rings. The molecule has 0 bridgehead atoms. The van der Waals surface area contributed by atoms with E-state index in [0.717, 1.165) is 18.4 Å². The van der Waals surface area contributed by atoms with E-state index in [2.05, 4.69) is 10.6 Å². The average molecular weight is 359 g/mol. The molecule has 2 N–H and O–H groups in total. The highest BCUT2D eigenvalue weighted by molar-refractivity contribution is 5.95. The number of piperidine rings is 1. The summed E-state index contributed by atoms with van der Waals surface area (Å²) in [5.74, 6) is -0.178. The maximum absolute atomic E-state index is 12.4. The molecule has 142 valence electrons. The van der Waals surface area contributed by atoms with Crippen LogP contribution in [-0.4, -0.2) is 48.3 Å². The summed E-state index contributed by atoms with van der Waals surface area (Å²) in [6.45, 7) is 7.17. The fourth-order valence-corrected chi connectivity index (χ4v) is 3.05. The van der Waals surface area contributed by atoms with Gasteiger partial charge in [0.05, 0.1) is 0 Å². The summed E-state index contributed by atoms with van der Waals surface area (Å²) in [4.78, 5) is 38.2. The van der Waals surface area contributed by atoms with E-state index in [4.69, 9.17) is 0 Å². The standard InChI is InChI=1S/C20H29N3O3/c1-14(2)19(25)22-16-8-6-12-23(13-16)18(24)10-11-21-20(26)17-9-5-4-7-15(17)3/h4-5,7,9,14,16H,6,8,10-13H2,1-3H3,(H,21,26)(H,22,25). The van der Waals surface area contributed by atoms with Gasteiger partial charge in [0.1, 0.15) is 0 Å². The molecule has 1 atom stereocenters. The first-order valence-corrected chi connectivity index (χ1v) is 9.30. The van der Waals surface area contributed by atoms with Crippen molar-refractivity contribution < 1.29 is 14.4 Å². The summed E-state index contributed by atoms with van der Waals surface area (Å²) < 4.78 is 0. The fourth-order valence-electron chi connectivity index (χ4n) is 3.05. The van der Waals surface area contributed by atoms with Crippen LogP contribution in [-0.2, 0) is 9.59 Å². The van der Waals surface area contributed by atoms with Crippen molar-refractivity contribution in [1.82, 2.24) is 15.5 Å². The molecule has 0 spiro atoms. The Morgan fingerprint density at radius 2 is 1.96 bits per heavy atom. The van der Waals surface area contributed by atoms with Crippen LogP contribution in [0.4, 0.5) is 0 Å². The fraction of sp³-hybridized carbons (Fsp3) is 0.550. The summed E-state index contributed by atoms with van der Waals surface area (Å²) in [6, 6.07) is 7.40. The van der Waals surface area contributed by atoms with Crippen LogP contribution < -0.4 is 10.6 Å². The average Bonchev–Trinajstić information content (AvgIpc) is 2.62. The number of hydrogen-bond donors (Lipinski definition) is 2. The summed E-state index contributed by atoms with van der Waals surface area (Å²) >= 11 is 0. The largest absolute Gasteiger partial charge is 0.352 e. The Hall–Kier alpha value is -2.37. The second-order valence-electron chi connectivity index (χ2n) is 7.16. The molecule has 0 aromatic heterocycles. The summed E-state index contributed by atoms with van der Waals surface area (Å²) in [5, 5.41) is 5.81. The molecule has 1 aromatic carbocycles. The van der Waals surface area contributed by atoms with Gasteiger partial charge in [-0.3, -0.25) is 14.4 Å². The molecule has 6 heteroatoms. The van der Waals surface area contributed by atoms with Crippen molar-refractivity contribution >= 4 is 17.7 Å². The molecular weight excluding hydrogens is 330 g/mol. The van der Waals surface area contributed by atoms with E-state index in [9.17, 15) is 14.4 Å². The molecular formula is C20H29N3O3. The van der Waals surface area contributed by atoms with Crippen LogP contribution in [0.15, 0.2) is 24.3 Å². The van der Waals surface area contributed by atoms with Crippen molar-refractivity contribution in [2.75, 3.05) is 19.6 Å². The number of carbonyl (C=O) groups is 3. The van der Waals surface area contributed by atoms with Crippen molar-refractivity contribution in [3.8, 4) is 0 Å². The highest BCUT2D eigenvalue weighted by Gasteiger charge is 2.25. The lowest BCUT2D eigenvalue weighted by atomic mass is 10.0. The first-order valence-electron chi connectivity index (χ1n) is 9.30. The van der Waals surface area contributed by atoms with E-state index >= 15 is 0 Å². The maximum atomic E-state index is 12.4. The molecule has 1 aromatic rings. The molecule has 1 saturated heterocycles. The number of benzene rings is 1. The SMILES string of the molecule is Cc1ccccc1C(=O)NCCC(=O)N1CCCC(NC(=O)C(C)C)C1. The predicted octanol–water partition coefficient (Wildman–Crippen LogP) is 1.88. The number of carbonyl (C=O) groups excluding carboxylic acids is 3. The number of rotatable bonds is 6. The lowest BCUT2D eigenvalue weighted by molar-refractivity contribution is -0.133. The van der Waals surface area contributed by atoms with Crippen LogP contribution >= 0.6 is 0 Å². The zero-order valence-electron chi connectivity index (χ0n) is 15.9. The van der Waals surface area contributed by atoms with Gasteiger partial charge in [0, 0.05) is 43.6 Å². The van der Waals surface area contributed by atoms with Gasteiger partial charge in [-0.1, -0.05) is 32.0 Å². The monoisotopic (exact) mass is 359 g/mol. The maximum Gasteiger partial charge on any atom is 0.251 e. The van der Waals surface area contributed by atoms with Gasteiger partial charge in [0.25, 0.3) is 5.91 Å². The molecule has 3 amide bonds. The van der Waals surface area contributed by atoms with Gasteiger partial charge in [-0.05, 0) is 31.4 Å². The Kier molecular flexibility index (Phi) is 7.18. The third-order valence-corrected chi connectivity index (χ3v) is 4.66. The highest BCUT2D eigenvalue weighted by Crippen LogP contribution is 2.12. The Balaban J connectivity index is 1.77. The predicted molar refractivity (Wildman–Crippen MR) is 101 cm³/mol. The zero-order chi connectivity index (χ0) is 19.1. The van der Waals surface area contributed by atoms with E-state index in [0.29, 0.717) is 25.2 Å². The minimum atomic E-state index is -0.156. The van der Waals surface area contributed by atoms with Crippen molar-refractivity contribution in [1.29, 1.82) is 0 Å². The minimum absolute atomic E-state index is 0.0126. The first kappa shape index (κ1) is 19.9. The Morgan fingerprint density at radius 1 is 1.23 bits per heavy atom. The van der Waals surface area contributed by atoms with Gasteiger partial charge in [-0.25, -0.2) is 0 Å². The van der Waals surface area contributed by atoms with Crippen LogP contribution in [0.5, 0.6) is 0 Å². The number of likely N-dealkylation sites (tertiary alicyclic amines) is 1. The second kappa shape index (κ2) is 9.36. The zero-order valence-corrected chi connectivity index (χ0v) is 15.9. The van der Waals surface area contributed by atoms with E-state index < -0.39 is 0 Å². The molecule has 1 unspecified atom stereocenters. The molecule has 0 aliphatic carbocycles. The van der Waals surface area contributed by atoms with Gasteiger partial charge in [0.15, 0.2) is 0 Å². The number of aryl methyl sites for hydroxylation is 1. The number of nitrogens with one attached hydrogen (secondary N) is 2. The van der Waals surface area contributed by atoms with Crippen molar-refractivity contribution in [3.63, 3.8) is 0 Å². The van der Waals surface area contributed by atoms with Gasteiger partial charge in [0.2, 0.25) is 11.8 Å². The van der Waals surface area contributed by atoms with Gasteiger partial charge in [-0.15, -0.1) is 0 Å². The normalized spacial score (nSPS) is 17.1. The van der Waals surface area contributed by atoms with Crippen LogP contribution in [0, 0.1) is 12.8 Å². The quantitative estimate of drug-likeness (QED) is 0.814. The molecule has 1 heterocycles. The van der Waals surface area contributed by atoms with E-state index in [1.54, 1.807) is 11.0 Å². The molecule has 0 saturated carbocycles. The molecule has 6 nitrogen and oxygen atoms in total. The smallest absolute Gasteiger partial charge is 0.251 e. The molecule has 1 aliphatic rings. The van der Waals surface area contributed by atoms with Crippen LogP contribution in [0.25, 0.3) is 0 Å². The number of hydrogen-bond acceptors (Lipinski definition) is 3. The van der Waals surface area contributed by atoms with Gasteiger partial charge >= 0.3 is 0 Å². The van der Waals surface area contributed by atoms with Crippen molar-refractivity contribution in [2.24, 2.45) is 5.92 Å². The van der Waals surface area contributed by atoms with Crippen molar-refractivity contribution in [3.05, 3.63) is 35.4 Å². The van der Waals surface area contributed by atoms with Crippen LogP contribution in [0.2, 0.25) is 0 Å². The number of amides is 3. The lowest BCUT2D eigenvalue weighted by Crippen LogP contribution is -2.50. The van der Waals surface area contributed by atoms with E-state index in [1.807, 2.05) is 39.0 Å².